The van der Waals surface area contributed by atoms with Gasteiger partial charge in [0, 0.05) is 0 Å². The zero-order valence-electron chi connectivity index (χ0n) is 14.2. The monoisotopic (exact) mass is 304 g/mol. The van der Waals surface area contributed by atoms with Crippen LogP contribution >= 0.6 is 0 Å². The molecule has 1 heteroatoms. The molecular formula is C22H24O. The van der Waals surface area contributed by atoms with Gasteiger partial charge in [-0.3, -0.25) is 0 Å². The topological polar surface area (TPSA) is 9.23 Å². The highest BCUT2D eigenvalue weighted by molar-refractivity contribution is 5.85. The molecule has 0 saturated heterocycles. The van der Waals surface area contributed by atoms with Gasteiger partial charge < -0.3 is 4.74 Å². The van der Waals surface area contributed by atoms with Gasteiger partial charge in [0.25, 0.3) is 0 Å². The first kappa shape index (κ1) is 15.6. The highest BCUT2D eigenvalue weighted by atomic mass is 16.5. The summed E-state index contributed by atoms with van der Waals surface area (Å²) >= 11 is 0. The summed E-state index contributed by atoms with van der Waals surface area (Å²) in [6.45, 7) is 7.38. The van der Waals surface area contributed by atoms with E-state index in [9.17, 15) is 0 Å². The van der Waals surface area contributed by atoms with Crippen LogP contribution in [0.4, 0.5) is 0 Å². The van der Waals surface area contributed by atoms with Crippen molar-refractivity contribution in [3.8, 4) is 5.75 Å². The fourth-order valence-corrected chi connectivity index (χ4v) is 2.79. The summed E-state index contributed by atoms with van der Waals surface area (Å²) in [6, 6.07) is 23.3. The Balaban J connectivity index is 1.75. The van der Waals surface area contributed by atoms with Crippen molar-refractivity contribution in [2.75, 3.05) is 0 Å². The number of benzene rings is 3. The van der Waals surface area contributed by atoms with Gasteiger partial charge in [0.1, 0.15) is 12.4 Å². The molecule has 118 valence electrons. The fraction of sp³-hybridized carbons (Fsp3) is 0.273. The normalized spacial score (nSPS) is 11.6. The summed E-state index contributed by atoms with van der Waals surface area (Å²) < 4.78 is 6.00. The van der Waals surface area contributed by atoms with E-state index in [4.69, 9.17) is 4.74 Å². The SMILES string of the molecule is CCC(C)(C)c1ccc(OCc2cccc3ccccc23)cc1. The third-order valence-electron chi connectivity index (χ3n) is 4.79. The van der Waals surface area contributed by atoms with Crippen LogP contribution in [0.5, 0.6) is 5.75 Å². The maximum atomic E-state index is 6.00. The molecule has 1 nitrogen and oxygen atoms in total. The molecule has 0 aliphatic rings. The average molecular weight is 304 g/mol. The van der Waals surface area contributed by atoms with Crippen molar-refractivity contribution in [3.05, 3.63) is 77.9 Å². The minimum Gasteiger partial charge on any atom is -0.489 e. The number of rotatable bonds is 5. The maximum Gasteiger partial charge on any atom is 0.119 e. The van der Waals surface area contributed by atoms with Gasteiger partial charge in [-0.2, -0.15) is 0 Å². The van der Waals surface area contributed by atoms with Crippen molar-refractivity contribution in [2.45, 2.75) is 39.2 Å². The van der Waals surface area contributed by atoms with Gasteiger partial charge in [0.2, 0.25) is 0 Å². The first-order valence-corrected chi connectivity index (χ1v) is 8.30. The summed E-state index contributed by atoms with van der Waals surface area (Å²) in [6.07, 6.45) is 1.13. The van der Waals surface area contributed by atoms with Crippen molar-refractivity contribution in [1.29, 1.82) is 0 Å². The number of hydrogen-bond acceptors (Lipinski definition) is 1. The van der Waals surface area contributed by atoms with Crippen LogP contribution in [-0.4, -0.2) is 0 Å². The first-order chi connectivity index (χ1) is 11.1. The van der Waals surface area contributed by atoms with Crippen molar-refractivity contribution in [3.63, 3.8) is 0 Å². The van der Waals surface area contributed by atoms with E-state index in [1.54, 1.807) is 0 Å². The number of ether oxygens (including phenoxy) is 1. The van der Waals surface area contributed by atoms with Crippen LogP contribution in [0, 0.1) is 0 Å². The van der Waals surface area contributed by atoms with Gasteiger partial charge in [-0.25, -0.2) is 0 Å². The van der Waals surface area contributed by atoms with E-state index < -0.39 is 0 Å². The van der Waals surface area contributed by atoms with Crippen molar-refractivity contribution in [2.24, 2.45) is 0 Å². The van der Waals surface area contributed by atoms with E-state index in [2.05, 4.69) is 87.5 Å². The predicted molar refractivity (Wildman–Crippen MR) is 98.0 cm³/mol. The van der Waals surface area contributed by atoms with Crippen LogP contribution in [0.1, 0.15) is 38.3 Å². The molecule has 0 N–H and O–H groups in total. The third-order valence-corrected chi connectivity index (χ3v) is 4.79. The lowest BCUT2D eigenvalue weighted by atomic mass is 9.82. The molecule has 0 aliphatic carbocycles. The molecule has 0 unspecified atom stereocenters. The second-order valence-electron chi connectivity index (χ2n) is 6.69. The summed E-state index contributed by atoms with van der Waals surface area (Å²) in [4.78, 5) is 0. The standard InChI is InChI=1S/C22H24O/c1-4-22(2,3)19-12-14-20(15-13-19)23-16-18-10-7-9-17-8-5-6-11-21(17)18/h5-15H,4,16H2,1-3H3. The zero-order valence-corrected chi connectivity index (χ0v) is 14.2. The smallest absolute Gasteiger partial charge is 0.119 e. The molecule has 0 aromatic heterocycles. The van der Waals surface area contributed by atoms with E-state index >= 15 is 0 Å². The predicted octanol–water partition coefficient (Wildman–Crippen LogP) is 6.11. The second kappa shape index (κ2) is 6.45. The summed E-state index contributed by atoms with van der Waals surface area (Å²) in [7, 11) is 0. The van der Waals surface area contributed by atoms with E-state index in [0.717, 1.165) is 12.2 Å². The Kier molecular flexibility index (Phi) is 4.38. The lowest BCUT2D eigenvalue weighted by molar-refractivity contribution is 0.307. The lowest BCUT2D eigenvalue weighted by Crippen LogP contribution is -2.15. The molecule has 0 radical (unpaired) electrons. The van der Waals surface area contributed by atoms with Crippen LogP contribution in [0.3, 0.4) is 0 Å². The first-order valence-electron chi connectivity index (χ1n) is 8.30. The van der Waals surface area contributed by atoms with Crippen molar-refractivity contribution < 1.29 is 4.74 Å². The van der Waals surface area contributed by atoms with E-state index in [1.807, 2.05) is 0 Å². The number of hydrogen-bond donors (Lipinski definition) is 0. The van der Waals surface area contributed by atoms with Crippen LogP contribution in [0.15, 0.2) is 66.7 Å². The summed E-state index contributed by atoms with van der Waals surface area (Å²) in [5.41, 5.74) is 2.80. The van der Waals surface area contributed by atoms with Crippen LogP contribution in [0.25, 0.3) is 10.8 Å². The fourth-order valence-electron chi connectivity index (χ4n) is 2.79. The maximum absolute atomic E-state index is 6.00. The molecule has 3 aromatic rings. The van der Waals surface area contributed by atoms with Crippen LogP contribution in [0.2, 0.25) is 0 Å². The Morgan fingerprint density at radius 2 is 1.52 bits per heavy atom. The highest BCUT2D eigenvalue weighted by Crippen LogP contribution is 2.28. The molecule has 23 heavy (non-hydrogen) atoms. The molecule has 0 fully saturated rings. The van der Waals surface area contributed by atoms with E-state index in [0.29, 0.717) is 6.61 Å². The van der Waals surface area contributed by atoms with Gasteiger partial charge in [0.15, 0.2) is 0 Å². The van der Waals surface area contributed by atoms with Gasteiger partial charge in [-0.1, -0.05) is 75.4 Å². The number of fused-ring (bicyclic) bond motifs is 1. The Morgan fingerprint density at radius 1 is 0.826 bits per heavy atom. The average Bonchev–Trinajstić information content (AvgIpc) is 2.60. The van der Waals surface area contributed by atoms with E-state index in [1.165, 1.54) is 21.9 Å². The quantitative estimate of drug-likeness (QED) is 0.553. The molecule has 0 saturated carbocycles. The second-order valence-corrected chi connectivity index (χ2v) is 6.69. The Hall–Kier alpha value is -2.28. The Morgan fingerprint density at radius 3 is 2.26 bits per heavy atom. The summed E-state index contributed by atoms with van der Waals surface area (Å²) in [5.74, 6) is 0.925. The van der Waals surface area contributed by atoms with Gasteiger partial charge in [-0.05, 0) is 45.9 Å². The van der Waals surface area contributed by atoms with Crippen molar-refractivity contribution in [1.82, 2.24) is 0 Å². The largest absolute Gasteiger partial charge is 0.489 e. The zero-order chi connectivity index (χ0) is 16.3. The third kappa shape index (κ3) is 3.39. The molecule has 3 aromatic carbocycles. The molecule has 0 bridgehead atoms. The molecule has 0 aliphatic heterocycles. The lowest BCUT2D eigenvalue weighted by Gasteiger charge is -2.23. The van der Waals surface area contributed by atoms with Crippen LogP contribution < -0.4 is 4.74 Å². The van der Waals surface area contributed by atoms with Gasteiger partial charge in [0.05, 0.1) is 0 Å². The summed E-state index contributed by atoms with van der Waals surface area (Å²) in [5, 5.41) is 2.52. The molecular weight excluding hydrogens is 280 g/mol. The van der Waals surface area contributed by atoms with Crippen molar-refractivity contribution >= 4 is 10.8 Å². The molecule has 0 spiro atoms. The van der Waals surface area contributed by atoms with Gasteiger partial charge >= 0.3 is 0 Å². The molecule has 0 atom stereocenters. The molecule has 0 amide bonds. The van der Waals surface area contributed by atoms with Crippen LogP contribution in [-0.2, 0) is 12.0 Å². The Bertz CT molecular complexity index is 779. The Labute approximate surface area is 138 Å². The van der Waals surface area contributed by atoms with E-state index in [-0.39, 0.29) is 5.41 Å². The molecule has 0 heterocycles. The minimum absolute atomic E-state index is 0.216. The minimum atomic E-state index is 0.216. The van der Waals surface area contributed by atoms with Gasteiger partial charge in [-0.15, -0.1) is 0 Å². The molecule has 3 rings (SSSR count). The highest BCUT2D eigenvalue weighted by Gasteiger charge is 2.17.